The minimum atomic E-state index is -0.481. The molecule has 2 fully saturated rings. The maximum Gasteiger partial charge on any atom is 0.498 e. The molecule has 8 nitrogen and oxygen atoms in total. The molecule has 2 aliphatic heterocycles. The van der Waals surface area contributed by atoms with Crippen molar-refractivity contribution in [1.29, 1.82) is 0 Å². The number of hydrogen-bond donors (Lipinski definition) is 0. The smallest absolute Gasteiger partial charge is 0.458 e. The Kier molecular flexibility index (Phi) is 6.67. The van der Waals surface area contributed by atoms with Crippen LogP contribution in [0.1, 0.15) is 60.9 Å². The van der Waals surface area contributed by atoms with Crippen molar-refractivity contribution in [3.8, 4) is 0 Å². The predicted molar refractivity (Wildman–Crippen MR) is 115 cm³/mol. The zero-order valence-corrected chi connectivity index (χ0v) is 19.4. The molecule has 1 atom stereocenters. The molecule has 0 saturated carbocycles. The van der Waals surface area contributed by atoms with Gasteiger partial charge in [0.25, 0.3) is 0 Å². The fourth-order valence-corrected chi connectivity index (χ4v) is 3.60. The molecule has 0 aliphatic carbocycles. The van der Waals surface area contributed by atoms with E-state index in [1.54, 1.807) is 0 Å². The normalized spacial score (nSPS) is 23.8. The SMILES string of the molecule is CC(C)(C)OC(=O)COCCN1CCC(n2cc(B3OC(C)(C)C(C)(C)O3)cn2)C1. The summed E-state index contributed by atoms with van der Waals surface area (Å²) in [7, 11) is -0.387. The predicted octanol–water partition coefficient (Wildman–Crippen LogP) is 1.79. The van der Waals surface area contributed by atoms with Gasteiger partial charge in [-0.3, -0.25) is 9.58 Å². The van der Waals surface area contributed by atoms with E-state index in [0.717, 1.165) is 31.5 Å². The average molecular weight is 421 g/mol. The van der Waals surface area contributed by atoms with Gasteiger partial charge in [0.05, 0.1) is 23.9 Å². The molecule has 1 unspecified atom stereocenters. The van der Waals surface area contributed by atoms with Crippen LogP contribution in [0.4, 0.5) is 0 Å². The Morgan fingerprint density at radius 2 is 1.93 bits per heavy atom. The van der Waals surface area contributed by atoms with Gasteiger partial charge in [-0.1, -0.05) is 0 Å². The van der Waals surface area contributed by atoms with Crippen LogP contribution in [-0.2, 0) is 23.6 Å². The van der Waals surface area contributed by atoms with Crippen molar-refractivity contribution in [2.75, 3.05) is 32.8 Å². The number of rotatable bonds is 7. The van der Waals surface area contributed by atoms with Crippen molar-refractivity contribution in [1.82, 2.24) is 14.7 Å². The quantitative estimate of drug-likeness (QED) is 0.378. The number of likely N-dealkylation sites (tertiary alicyclic amines) is 1. The molecular formula is C21H36BN3O5. The first-order chi connectivity index (χ1) is 13.9. The molecule has 2 saturated heterocycles. The molecule has 0 N–H and O–H groups in total. The van der Waals surface area contributed by atoms with Gasteiger partial charge in [0, 0.05) is 37.5 Å². The van der Waals surface area contributed by atoms with Crippen LogP contribution in [0.5, 0.6) is 0 Å². The molecule has 3 rings (SSSR count). The third kappa shape index (κ3) is 5.63. The summed E-state index contributed by atoms with van der Waals surface area (Å²) in [6.45, 7) is 16.9. The third-order valence-electron chi connectivity index (χ3n) is 5.96. The van der Waals surface area contributed by atoms with E-state index in [-0.39, 0.29) is 30.9 Å². The minimum Gasteiger partial charge on any atom is -0.458 e. The molecule has 0 aromatic carbocycles. The molecule has 2 aliphatic rings. The molecule has 0 spiro atoms. The second-order valence-corrected chi connectivity index (χ2v) is 10.2. The topological polar surface area (TPSA) is 75.1 Å². The van der Waals surface area contributed by atoms with E-state index in [2.05, 4.69) is 37.7 Å². The van der Waals surface area contributed by atoms with Gasteiger partial charge in [0.2, 0.25) is 0 Å². The lowest BCUT2D eigenvalue weighted by molar-refractivity contribution is -0.160. The van der Waals surface area contributed by atoms with Gasteiger partial charge in [0.1, 0.15) is 12.2 Å². The summed E-state index contributed by atoms with van der Waals surface area (Å²) < 4.78 is 25.0. The standard InChI is InChI=1S/C21H36BN3O5/c1-19(2,3)28-18(26)15-27-11-10-24-9-8-17(14-24)25-13-16(12-23-25)22-29-20(4,5)21(6,7)30-22/h12-13,17H,8-11,14-15H2,1-7H3. The molecule has 0 amide bonds. The molecule has 3 heterocycles. The first kappa shape index (κ1) is 23.3. The Morgan fingerprint density at radius 1 is 1.27 bits per heavy atom. The molecule has 1 aromatic rings. The van der Waals surface area contributed by atoms with Gasteiger partial charge < -0.3 is 18.8 Å². The number of carbonyl (C=O) groups excluding carboxylic acids is 1. The summed E-state index contributed by atoms with van der Waals surface area (Å²) in [6, 6.07) is 0.312. The van der Waals surface area contributed by atoms with Crippen molar-refractivity contribution in [2.45, 2.75) is 77.7 Å². The fourth-order valence-electron chi connectivity index (χ4n) is 3.60. The van der Waals surface area contributed by atoms with Crippen LogP contribution in [0, 0.1) is 0 Å². The molecule has 0 radical (unpaired) electrons. The zero-order chi connectivity index (χ0) is 22.2. The number of carbonyl (C=O) groups is 1. The number of aromatic nitrogens is 2. The Morgan fingerprint density at radius 3 is 2.57 bits per heavy atom. The number of esters is 1. The largest absolute Gasteiger partial charge is 0.498 e. The van der Waals surface area contributed by atoms with E-state index in [9.17, 15) is 4.79 Å². The highest BCUT2D eigenvalue weighted by Crippen LogP contribution is 2.36. The van der Waals surface area contributed by atoms with Crippen LogP contribution in [0.3, 0.4) is 0 Å². The van der Waals surface area contributed by atoms with E-state index in [1.807, 2.05) is 37.8 Å². The maximum atomic E-state index is 11.7. The average Bonchev–Trinajstić information content (AvgIpc) is 3.29. The lowest BCUT2D eigenvalue weighted by Crippen LogP contribution is -2.41. The van der Waals surface area contributed by atoms with E-state index in [0.29, 0.717) is 12.6 Å². The van der Waals surface area contributed by atoms with Gasteiger partial charge >= 0.3 is 13.1 Å². The van der Waals surface area contributed by atoms with E-state index in [4.69, 9.17) is 18.8 Å². The Hall–Kier alpha value is -1.42. The van der Waals surface area contributed by atoms with Crippen LogP contribution in [-0.4, -0.2) is 77.4 Å². The highest BCUT2D eigenvalue weighted by atomic mass is 16.7. The summed E-state index contributed by atoms with van der Waals surface area (Å²) in [5, 5.41) is 4.56. The molecule has 9 heteroatoms. The Bertz CT molecular complexity index is 727. The van der Waals surface area contributed by atoms with Crippen LogP contribution < -0.4 is 5.46 Å². The molecular weight excluding hydrogens is 385 g/mol. The van der Waals surface area contributed by atoms with Gasteiger partial charge in [-0.05, 0) is 54.9 Å². The number of ether oxygens (including phenoxy) is 2. The van der Waals surface area contributed by atoms with Gasteiger partial charge in [-0.25, -0.2) is 4.79 Å². The van der Waals surface area contributed by atoms with Crippen molar-refractivity contribution in [3.63, 3.8) is 0 Å². The second-order valence-electron chi connectivity index (χ2n) is 10.2. The fraction of sp³-hybridized carbons (Fsp3) is 0.810. The summed E-state index contributed by atoms with van der Waals surface area (Å²) in [5.41, 5.74) is -0.245. The van der Waals surface area contributed by atoms with Crippen LogP contribution >= 0.6 is 0 Å². The summed E-state index contributed by atoms with van der Waals surface area (Å²) in [5.74, 6) is -0.325. The summed E-state index contributed by atoms with van der Waals surface area (Å²) >= 11 is 0. The van der Waals surface area contributed by atoms with Crippen LogP contribution in [0.15, 0.2) is 12.4 Å². The first-order valence-corrected chi connectivity index (χ1v) is 10.8. The maximum absolute atomic E-state index is 11.7. The van der Waals surface area contributed by atoms with E-state index in [1.165, 1.54) is 0 Å². The monoisotopic (exact) mass is 421 g/mol. The summed E-state index contributed by atoms with van der Waals surface area (Å²) in [6.07, 6.45) is 4.90. The van der Waals surface area contributed by atoms with Crippen molar-refractivity contribution in [2.24, 2.45) is 0 Å². The van der Waals surface area contributed by atoms with Gasteiger partial charge in [-0.2, -0.15) is 5.10 Å². The van der Waals surface area contributed by atoms with Gasteiger partial charge in [0.15, 0.2) is 0 Å². The molecule has 168 valence electrons. The van der Waals surface area contributed by atoms with Crippen molar-refractivity contribution < 1.29 is 23.6 Å². The summed E-state index contributed by atoms with van der Waals surface area (Å²) in [4.78, 5) is 14.0. The van der Waals surface area contributed by atoms with Gasteiger partial charge in [-0.15, -0.1) is 0 Å². The first-order valence-electron chi connectivity index (χ1n) is 10.8. The Balaban J connectivity index is 1.43. The lowest BCUT2D eigenvalue weighted by Gasteiger charge is -2.32. The Labute approximate surface area is 180 Å². The van der Waals surface area contributed by atoms with E-state index >= 15 is 0 Å². The molecule has 1 aromatic heterocycles. The highest BCUT2D eigenvalue weighted by Gasteiger charge is 2.52. The van der Waals surface area contributed by atoms with Crippen LogP contribution in [0.25, 0.3) is 0 Å². The molecule has 0 bridgehead atoms. The lowest BCUT2D eigenvalue weighted by atomic mass is 9.82. The zero-order valence-electron chi connectivity index (χ0n) is 19.4. The number of hydrogen-bond acceptors (Lipinski definition) is 7. The van der Waals surface area contributed by atoms with E-state index < -0.39 is 5.60 Å². The molecule has 30 heavy (non-hydrogen) atoms. The van der Waals surface area contributed by atoms with Crippen LogP contribution in [0.2, 0.25) is 0 Å². The third-order valence-corrected chi connectivity index (χ3v) is 5.96. The van der Waals surface area contributed by atoms with Crippen molar-refractivity contribution in [3.05, 3.63) is 12.4 Å². The number of nitrogens with zero attached hydrogens (tertiary/aromatic N) is 3. The highest BCUT2D eigenvalue weighted by molar-refractivity contribution is 6.62. The minimum absolute atomic E-state index is 0.00879. The van der Waals surface area contributed by atoms with Crippen molar-refractivity contribution >= 4 is 18.6 Å². The second kappa shape index (κ2) is 8.61.